The van der Waals surface area contributed by atoms with E-state index in [1.54, 1.807) is 29.1 Å². The van der Waals surface area contributed by atoms with Crippen LogP contribution in [0.5, 0.6) is 0 Å². The minimum Gasteiger partial charge on any atom is -0.316 e. The number of halogens is 3. The maximum Gasteiger partial charge on any atom is 0.416 e. The summed E-state index contributed by atoms with van der Waals surface area (Å²) in [7, 11) is 0. The first-order valence-electron chi connectivity index (χ1n) is 8.38. The number of aromatic nitrogens is 1. The van der Waals surface area contributed by atoms with Gasteiger partial charge in [0.15, 0.2) is 0 Å². The first-order chi connectivity index (χ1) is 13.0. The Labute approximate surface area is 154 Å². The minimum atomic E-state index is -4.37. The Morgan fingerprint density at radius 1 is 0.778 bits per heavy atom. The molecule has 0 saturated heterocycles. The normalized spacial score (nSPS) is 12.1. The lowest BCUT2D eigenvalue weighted by Crippen LogP contribution is -2.06. The Hall–Kier alpha value is -3.34. The zero-order valence-electron chi connectivity index (χ0n) is 14.2. The van der Waals surface area contributed by atoms with Crippen molar-refractivity contribution in [2.45, 2.75) is 6.18 Å². The Morgan fingerprint density at radius 3 is 2.41 bits per heavy atom. The second kappa shape index (κ2) is 6.76. The zero-order chi connectivity index (χ0) is 18.9. The molecule has 0 fully saturated rings. The summed E-state index contributed by atoms with van der Waals surface area (Å²) in [6.07, 6.45) is -0.996. The van der Waals surface area contributed by atoms with Gasteiger partial charge < -0.3 is 4.57 Å². The van der Waals surface area contributed by atoms with E-state index in [0.29, 0.717) is 11.4 Å². The van der Waals surface area contributed by atoms with E-state index in [2.05, 4.69) is 4.99 Å². The average molecular weight is 364 g/mol. The number of alkyl halides is 3. The van der Waals surface area contributed by atoms with Crippen LogP contribution in [-0.2, 0) is 6.18 Å². The summed E-state index contributed by atoms with van der Waals surface area (Å²) in [5, 5.41) is 2.21. The number of nitrogens with zero attached hydrogens (tertiary/aromatic N) is 2. The molecule has 2 nitrogen and oxygen atoms in total. The molecule has 0 aliphatic heterocycles. The summed E-state index contributed by atoms with van der Waals surface area (Å²) >= 11 is 0. The van der Waals surface area contributed by atoms with Crippen molar-refractivity contribution in [1.29, 1.82) is 0 Å². The van der Waals surface area contributed by atoms with Gasteiger partial charge in [-0.25, -0.2) is 0 Å². The first kappa shape index (κ1) is 17.1. The van der Waals surface area contributed by atoms with Gasteiger partial charge in [0.2, 0.25) is 0 Å². The highest BCUT2D eigenvalue weighted by molar-refractivity contribution is 5.87. The molecule has 5 heteroatoms. The Balaban J connectivity index is 1.66. The second-order valence-corrected chi connectivity index (χ2v) is 6.14. The van der Waals surface area contributed by atoms with Crippen LogP contribution in [0.2, 0.25) is 0 Å². The van der Waals surface area contributed by atoms with Crippen molar-refractivity contribution in [2.75, 3.05) is 0 Å². The zero-order valence-corrected chi connectivity index (χ0v) is 14.2. The maximum atomic E-state index is 13.0. The van der Waals surface area contributed by atoms with Gasteiger partial charge in [-0.15, -0.1) is 0 Å². The third-order valence-electron chi connectivity index (χ3n) is 4.31. The fraction of sp³-hybridized carbons (Fsp3) is 0.0455. The number of fused-ring (bicyclic) bond motifs is 1. The molecule has 0 bridgehead atoms. The molecule has 1 heterocycles. The van der Waals surface area contributed by atoms with Crippen LogP contribution in [0.1, 0.15) is 11.3 Å². The molecular formula is C22H15F3N2. The van der Waals surface area contributed by atoms with Crippen LogP contribution in [0.3, 0.4) is 0 Å². The van der Waals surface area contributed by atoms with Crippen molar-refractivity contribution in [1.82, 2.24) is 4.57 Å². The maximum absolute atomic E-state index is 13.0. The van der Waals surface area contributed by atoms with Gasteiger partial charge in [-0.1, -0.05) is 36.4 Å². The van der Waals surface area contributed by atoms with Gasteiger partial charge in [-0.2, -0.15) is 13.2 Å². The number of hydrogen-bond donors (Lipinski definition) is 0. The van der Waals surface area contributed by atoms with Crippen LogP contribution < -0.4 is 0 Å². The summed E-state index contributed by atoms with van der Waals surface area (Å²) in [5.41, 5.74) is 1.24. The molecule has 0 N–H and O–H groups in total. The molecule has 0 saturated carbocycles. The van der Waals surface area contributed by atoms with Crippen molar-refractivity contribution in [3.63, 3.8) is 0 Å². The monoisotopic (exact) mass is 364 g/mol. The second-order valence-electron chi connectivity index (χ2n) is 6.14. The molecule has 0 unspecified atom stereocenters. The minimum absolute atomic E-state index is 0.440. The summed E-state index contributed by atoms with van der Waals surface area (Å²) in [6, 6.07) is 22.7. The molecule has 0 aliphatic rings. The van der Waals surface area contributed by atoms with Gasteiger partial charge >= 0.3 is 6.18 Å². The van der Waals surface area contributed by atoms with E-state index in [9.17, 15) is 13.2 Å². The number of aliphatic imine (C=N–C) groups is 1. The van der Waals surface area contributed by atoms with Gasteiger partial charge in [0.05, 0.1) is 23.2 Å². The number of benzene rings is 3. The van der Waals surface area contributed by atoms with E-state index in [-0.39, 0.29) is 0 Å². The third kappa shape index (κ3) is 3.62. The van der Waals surface area contributed by atoms with Gasteiger partial charge in [-0.3, -0.25) is 4.99 Å². The van der Waals surface area contributed by atoms with E-state index in [4.69, 9.17) is 0 Å². The fourth-order valence-electron chi connectivity index (χ4n) is 2.96. The summed E-state index contributed by atoms with van der Waals surface area (Å²) in [5.74, 6) is 0. The molecule has 1 aromatic heterocycles. The molecule has 3 aromatic carbocycles. The number of rotatable bonds is 3. The summed E-state index contributed by atoms with van der Waals surface area (Å²) in [4.78, 5) is 4.49. The predicted octanol–water partition coefficient (Wildman–Crippen LogP) is 6.40. The highest BCUT2D eigenvalue weighted by Crippen LogP contribution is 2.30. The molecule has 4 aromatic rings. The molecule has 0 atom stereocenters. The van der Waals surface area contributed by atoms with E-state index in [1.807, 2.05) is 48.5 Å². The molecule has 27 heavy (non-hydrogen) atoms. The Kier molecular flexibility index (Phi) is 4.28. The smallest absolute Gasteiger partial charge is 0.316 e. The molecule has 0 spiro atoms. The van der Waals surface area contributed by atoms with E-state index < -0.39 is 11.7 Å². The third-order valence-corrected chi connectivity index (χ3v) is 4.31. The first-order valence-corrected chi connectivity index (χ1v) is 8.38. The molecule has 134 valence electrons. The predicted molar refractivity (Wildman–Crippen MR) is 102 cm³/mol. The fourth-order valence-corrected chi connectivity index (χ4v) is 2.96. The lowest BCUT2D eigenvalue weighted by Gasteiger charge is -2.11. The van der Waals surface area contributed by atoms with Crippen LogP contribution in [0.25, 0.3) is 16.5 Å². The van der Waals surface area contributed by atoms with Gasteiger partial charge in [0.1, 0.15) is 0 Å². The van der Waals surface area contributed by atoms with Gasteiger partial charge in [0, 0.05) is 11.9 Å². The molecule has 0 radical (unpaired) electrons. The van der Waals surface area contributed by atoms with Crippen molar-refractivity contribution in [2.24, 2.45) is 4.99 Å². The van der Waals surface area contributed by atoms with Crippen molar-refractivity contribution in [3.05, 3.63) is 96.3 Å². The Morgan fingerprint density at radius 2 is 1.59 bits per heavy atom. The van der Waals surface area contributed by atoms with E-state index in [0.717, 1.165) is 28.6 Å². The van der Waals surface area contributed by atoms with Crippen molar-refractivity contribution >= 4 is 22.7 Å². The standard InChI is InChI=1S/C22H15F3N2/c23-22(24,25)18-7-3-8-20(14-18)27-12-4-9-21(27)15-26-19-11-10-16-5-1-2-6-17(16)13-19/h1-15H. The summed E-state index contributed by atoms with van der Waals surface area (Å²) in [6.45, 7) is 0. The summed E-state index contributed by atoms with van der Waals surface area (Å²) < 4.78 is 40.6. The molecule has 0 aliphatic carbocycles. The van der Waals surface area contributed by atoms with Crippen LogP contribution in [0.15, 0.2) is 90.1 Å². The highest BCUT2D eigenvalue weighted by atomic mass is 19.4. The van der Waals surface area contributed by atoms with Gasteiger partial charge in [-0.05, 0) is 53.2 Å². The average Bonchev–Trinajstić information content (AvgIpc) is 3.14. The van der Waals surface area contributed by atoms with Crippen molar-refractivity contribution < 1.29 is 13.2 Å². The van der Waals surface area contributed by atoms with Crippen LogP contribution in [0.4, 0.5) is 18.9 Å². The quantitative estimate of drug-likeness (QED) is 0.374. The molecular weight excluding hydrogens is 349 g/mol. The van der Waals surface area contributed by atoms with Crippen LogP contribution in [0, 0.1) is 0 Å². The van der Waals surface area contributed by atoms with E-state index in [1.165, 1.54) is 6.07 Å². The topological polar surface area (TPSA) is 17.3 Å². The lowest BCUT2D eigenvalue weighted by molar-refractivity contribution is -0.137. The van der Waals surface area contributed by atoms with Crippen LogP contribution >= 0.6 is 0 Å². The van der Waals surface area contributed by atoms with Crippen molar-refractivity contribution in [3.8, 4) is 5.69 Å². The van der Waals surface area contributed by atoms with E-state index >= 15 is 0 Å². The SMILES string of the molecule is FC(F)(F)c1cccc(-n2cccc2C=Nc2ccc3ccccc3c2)c1. The largest absolute Gasteiger partial charge is 0.416 e. The van der Waals surface area contributed by atoms with Crippen LogP contribution in [-0.4, -0.2) is 10.8 Å². The highest BCUT2D eigenvalue weighted by Gasteiger charge is 2.30. The van der Waals surface area contributed by atoms with Gasteiger partial charge in [0.25, 0.3) is 0 Å². The number of hydrogen-bond acceptors (Lipinski definition) is 1. The Bertz CT molecular complexity index is 1120. The molecule has 4 rings (SSSR count). The lowest BCUT2D eigenvalue weighted by atomic mass is 10.1. The molecule has 0 amide bonds.